The smallest absolute Gasteiger partial charge is 0.148 e. The van der Waals surface area contributed by atoms with E-state index in [1.54, 1.807) is 18.0 Å². The minimum absolute atomic E-state index is 0.00793. The monoisotopic (exact) mass is 338 g/mol. The third-order valence-electron chi connectivity index (χ3n) is 4.09. The van der Waals surface area contributed by atoms with Crippen molar-refractivity contribution in [3.05, 3.63) is 47.5 Å². The molecule has 24 heavy (non-hydrogen) atoms. The van der Waals surface area contributed by atoms with Crippen molar-refractivity contribution in [2.45, 2.75) is 31.7 Å². The van der Waals surface area contributed by atoms with Crippen molar-refractivity contribution in [2.75, 3.05) is 20.3 Å². The topological polar surface area (TPSA) is 61.2 Å². The van der Waals surface area contributed by atoms with Crippen molar-refractivity contribution in [2.24, 2.45) is 0 Å². The molecule has 0 bridgehead atoms. The molecule has 1 saturated heterocycles. The quantitative estimate of drug-likeness (QED) is 0.834. The zero-order chi connectivity index (χ0) is 16.9. The first kappa shape index (κ1) is 16.9. The second-order valence-electron chi connectivity index (χ2n) is 5.68. The Morgan fingerprint density at radius 2 is 2.12 bits per heavy atom. The van der Waals surface area contributed by atoms with Crippen LogP contribution in [0.25, 0.3) is 0 Å². The lowest BCUT2D eigenvalue weighted by Crippen LogP contribution is -2.31. The van der Waals surface area contributed by atoms with Gasteiger partial charge in [-0.3, -0.25) is 9.67 Å². The van der Waals surface area contributed by atoms with Gasteiger partial charge >= 0.3 is 0 Å². The van der Waals surface area contributed by atoms with Crippen LogP contribution in [0.5, 0.6) is 0 Å². The molecule has 0 spiro atoms. The van der Waals surface area contributed by atoms with Gasteiger partial charge in [-0.05, 0) is 6.42 Å². The van der Waals surface area contributed by atoms with Crippen molar-refractivity contribution in [1.82, 2.24) is 20.1 Å². The van der Waals surface area contributed by atoms with Gasteiger partial charge in [0, 0.05) is 43.6 Å². The van der Waals surface area contributed by atoms with E-state index < -0.39 is 11.6 Å². The number of rotatable bonds is 7. The molecule has 0 saturated carbocycles. The van der Waals surface area contributed by atoms with Crippen molar-refractivity contribution in [3.8, 4) is 0 Å². The van der Waals surface area contributed by atoms with Gasteiger partial charge in [0.05, 0.1) is 31.7 Å². The molecule has 0 radical (unpaired) electrons. The molecule has 1 fully saturated rings. The van der Waals surface area contributed by atoms with Crippen LogP contribution in [0.4, 0.5) is 8.78 Å². The van der Waals surface area contributed by atoms with Gasteiger partial charge < -0.3 is 14.8 Å². The fraction of sp³-hybridized carbons (Fsp3) is 0.500. The number of aromatic nitrogens is 3. The third kappa shape index (κ3) is 3.77. The first-order valence-electron chi connectivity index (χ1n) is 7.83. The van der Waals surface area contributed by atoms with Crippen LogP contribution in [0.15, 0.2) is 24.8 Å². The van der Waals surface area contributed by atoms with Gasteiger partial charge in [0.15, 0.2) is 0 Å². The number of halogens is 2. The van der Waals surface area contributed by atoms with Gasteiger partial charge in [0.2, 0.25) is 0 Å². The average Bonchev–Trinajstić information content (AvgIpc) is 3.21. The largest absolute Gasteiger partial charge is 0.383 e. The summed E-state index contributed by atoms with van der Waals surface area (Å²) in [5, 5.41) is 7.47. The van der Waals surface area contributed by atoms with E-state index in [0.29, 0.717) is 19.8 Å². The van der Waals surface area contributed by atoms with Crippen molar-refractivity contribution >= 4 is 0 Å². The van der Waals surface area contributed by atoms with Gasteiger partial charge in [0.1, 0.15) is 17.7 Å². The molecule has 130 valence electrons. The summed E-state index contributed by atoms with van der Waals surface area (Å²) in [5.74, 6) is -1.30. The highest BCUT2D eigenvalue weighted by Gasteiger charge is 2.30. The predicted molar refractivity (Wildman–Crippen MR) is 82.2 cm³/mol. The highest BCUT2D eigenvalue weighted by atomic mass is 19.1. The Bertz CT molecular complexity index is 660. The minimum Gasteiger partial charge on any atom is -0.383 e. The van der Waals surface area contributed by atoms with E-state index >= 15 is 0 Å². The highest BCUT2D eigenvalue weighted by Crippen LogP contribution is 2.29. The van der Waals surface area contributed by atoms with Gasteiger partial charge in [-0.15, -0.1) is 0 Å². The van der Waals surface area contributed by atoms with Crippen LogP contribution in [0.1, 0.15) is 23.7 Å². The second kappa shape index (κ2) is 7.78. The molecule has 1 aliphatic heterocycles. The maximum atomic E-state index is 13.7. The first-order valence-corrected chi connectivity index (χ1v) is 7.83. The fourth-order valence-electron chi connectivity index (χ4n) is 2.80. The molecule has 3 heterocycles. The average molecular weight is 338 g/mol. The Morgan fingerprint density at radius 3 is 2.88 bits per heavy atom. The molecule has 2 atom stereocenters. The van der Waals surface area contributed by atoms with Crippen molar-refractivity contribution in [3.63, 3.8) is 0 Å². The van der Waals surface area contributed by atoms with Crippen LogP contribution in [-0.4, -0.2) is 41.1 Å². The van der Waals surface area contributed by atoms with Gasteiger partial charge in [-0.2, -0.15) is 5.10 Å². The van der Waals surface area contributed by atoms with Crippen LogP contribution in [0, 0.1) is 11.6 Å². The van der Waals surface area contributed by atoms with Gasteiger partial charge in [-0.25, -0.2) is 8.78 Å². The molecular formula is C16H20F2N4O2. The Balaban J connectivity index is 1.64. The molecule has 1 aliphatic rings. The molecule has 8 heteroatoms. The van der Waals surface area contributed by atoms with E-state index in [1.807, 2.05) is 6.20 Å². The molecular weight excluding hydrogens is 318 g/mol. The fourth-order valence-corrected chi connectivity index (χ4v) is 2.80. The normalized spacial score (nSPS) is 20.6. The van der Waals surface area contributed by atoms with Crippen LogP contribution in [0.3, 0.4) is 0 Å². The molecule has 0 aliphatic carbocycles. The Morgan fingerprint density at radius 1 is 1.33 bits per heavy atom. The highest BCUT2D eigenvalue weighted by molar-refractivity contribution is 5.16. The lowest BCUT2D eigenvalue weighted by Gasteiger charge is -2.19. The molecule has 0 amide bonds. The lowest BCUT2D eigenvalue weighted by molar-refractivity contribution is 0.0982. The maximum absolute atomic E-state index is 13.7. The summed E-state index contributed by atoms with van der Waals surface area (Å²) in [6, 6.07) is -0.0305. The Hall–Kier alpha value is -1.90. The summed E-state index contributed by atoms with van der Waals surface area (Å²) in [7, 11) is 1.64. The van der Waals surface area contributed by atoms with E-state index in [9.17, 15) is 8.78 Å². The SMILES string of the molecule is COCCn1cc([C@@H]2OCC[C@H]2NCc2c(F)cncc2F)cn1. The summed E-state index contributed by atoms with van der Waals surface area (Å²) >= 11 is 0. The lowest BCUT2D eigenvalue weighted by atomic mass is 10.1. The number of nitrogens with zero attached hydrogens (tertiary/aromatic N) is 3. The van der Waals surface area contributed by atoms with E-state index in [1.165, 1.54) is 0 Å². The Kier molecular flexibility index (Phi) is 5.49. The summed E-state index contributed by atoms with van der Waals surface area (Å²) in [6.07, 6.45) is 6.28. The summed E-state index contributed by atoms with van der Waals surface area (Å²) in [6.45, 7) is 1.92. The third-order valence-corrected chi connectivity index (χ3v) is 4.09. The van der Waals surface area contributed by atoms with E-state index in [-0.39, 0.29) is 24.3 Å². The van der Waals surface area contributed by atoms with Crippen molar-refractivity contribution < 1.29 is 18.3 Å². The number of ether oxygens (including phenoxy) is 2. The summed E-state index contributed by atoms with van der Waals surface area (Å²) < 4.78 is 39.9. The molecule has 6 nitrogen and oxygen atoms in total. The zero-order valence-corrected chi connectivity index (χ0v) is 13.4. The summed E-state index contributed by atoms with van der Waals surface area (Å²) in [4.78, 5) is 3.49. The molecule has 3 rings (SSSR count). The zero-order valence-electron chi connectivity index (χ0n) is 13.4. The molecule has 0 unspecified atom stereocenters. The Labute approximate surface area is 138 Å². The maximum Gasteiger partial charge on any atom is 0.148 e. The summed E-state index contributed by atoms with van der Waals surface area (Å²) in [5.41, 5.74) is 0.934. The molecule has 1 N–H and O–H groups in total. The molecule has 2 aromatic rings. The standard InChI is InChI=1S/C16H20F2N4O2/c1-23-5-3-22-10-11(6-21-22)16-15(2-4-24-16)20-7-12-13(17)8-19-9-14(12)18/h6,8-10,15-16,20H,2-5,7H2,1H3/t15-,16+/m1/s1. The number of hydrogen-bond acceptors (Lipinski definition) is 5. The first-order chi connectivity index (χ1) is 11.7. The number of pyridine rings is 1. The predicted octanol–water partition coefficient (Wildman–Crippen LogP) is 1.82. The van der Waals surface area contributed by atoms with Crippen LogP contribution >= 0.6 is 0 Å². The van der Waals surface area contributed by atoms with Crippen LogP contribution in [0.2, 0.25) is 0 Å². The number of nitrogens with one attached hydrogen (secondary N) is 1. The van der Waals surface area contributed by atoms with E-state index in [4.69, 9.17) is 9.47 Å². The number of hydrogen-bond donors (Lipinski definition) is 1. The van der Waals surface area contributed by atoms with Crippen LogP contribution < -0.4 is 5.32 Å². The molecule has 2 aromatic heterocycles. The van der Waals surface area contributed by atoms with Gasteiger partial charge in [-0.1, -0.05) is 0 Å². The van der Waals surface area contributed by atoms with Gasteiger partial charge in [0.25, 0.3) is 0 Å². The second-order valence-corrected chi connectivity index (χ2v) is 5.68. The van der Waals surface area contributed by atoms with E-state index in [2.05, 4.69) is 15.4 Å². The molecule has 0 aromatic carbocycles. The minimum atomic E-state index is -0.648. The number of methoxy groups -OCH3 is 1. The van der Waals surface area contributed by atoms with Crippen molar-refractivity contribution in [1.29, 1.82) is 0 Å². The van der Waals surface area contributed by atoms with E-state index in [0.717, 1.165) is 24.4 Å². The van der Waals surface area contributed by atoms with Crippen LogP contribution in [-0.2, 0) is 22.6 Å².